The van der Waals surface area contributed by atoms with E-state index in [0.29, 0.717) is 24.6 Å². The Morgan fingerprint density at radius 2 is 1.70 bits per heavy atom. The minimum absolute atomic E-state index is 0.201. The average molecular weight is 532 g/mol. The van der Waals surface area contributed by atoms with Gasteiger partial charge in [-0.15, -0.1) is 0 Å². The summed E-state index contributed by atoms with van der Waals surface area (Å²) >= 11 is 0. The van der Waals surface area contributed by atoms with Crippen molar-refractivity contribution in [2.24, 2.45) is 0 Å². The summed E-state index contributed by atoms with van der Waals surface area (Å²) in [5, 5.41) is 8.20. The van der Waals surface area contributed by atoms with Gasteiger partial charge in [-0.25, -0.2) is 9.48 Å². The molecule has 6 rings (SSSR count). The first-order valence-electron chi connectivity index (χ1n) is 13.8. The molecule has 202 valence electrons. The van der Waals surface area contributed by atoms with Crippen molar-refractivity contribution in [1.29, 1.82) is 0 Å². The molecule has 0 fully saturated rings. The lowest BCUT2D eigenvalue weighted by Crippen LogP contribution is -2.38. The first-order chi connectivity index (χ1) is 19.6. The topological polar surface area (TPSA) is 64.3 Å². The number of nitrogens with zero attached hydrogens (tertiary/aromatic N) is 4. The maximum Gasteiger partial charge on any atom is 0.323 e. The van der Waals surface area contributed by atoms with Gasteiger partial charge in [-0.05, 0) is 62.2 Å². The summed E-state index contributed by atoms with van der Waals surface area (Å²) in [6.45, 7) is 7.03. The van der Waals surface area contributed by atoms with Crippen LogP contribution >= 0.6 is 0 Å². The number of hydrogen-bond donors (Lipinski definition) is 1. The number of hydrogen-bond acceptors (Lipinski definition) is 3. The number of nitrogens with one attached hydrogen (secondary N) is 1. The number of fused-ring (bicyclic) bond motifs is 3. The summed E-state index contributed by atoms with van der Waals surface area (Å²) < 4.78 is 10.0. The number of aryl methyl sites for hydroxylation is 2. The fourth-order valence-corrected chi connectivity index (χ4v) is 5.49. The second kappa shape index (κ2) is 10.8. The molecule has 2 aromatic heterocycles. The van der Waals surface area contributed by atoms with Crippen molar-refractivity contribution in [3.8, 4) is 17.3 Å². The molecule has 1 aliphatic heterocycles. The third kappa shape index (κ3) is 4.53. The zero-order chi connectivity index (χ0) is 27.6. The van der Waals surface area contributed by atoms with Crippen molar-refractivity contribution in [2.75, 3.05) is 11.9 Å². The fraction of sp³-hybridized carbons (Fsp3) is 0.212. The van der Waals surface area contributed by atoms with Gasteiger partial charge in [0.1, 0.15) is 11.6 Å². The maximum atomic E-state index is 14.3. The number of urea groups is 1. The summed E-state index contributed by atoms with van der Waals surface area (Å²) in [6, 6.07) is 29.8. The third-order valence-corrected chi connectivity index (χ3v) is 7.39. The van der Waals surface area contributed by atoms with E-state index in [1.807, 2.05) is 65.0 Å². The quantitative estimate of drug-likeness (QED) is 0.255. The van der Waals surface area contributed by atoms with Gasteiger partial charge in [0.2, 0.25) is 0 Å². The average Bonchev–Trinajstić information content (AvgIpc) is 3.56. The highest BCUT2D eigenvalue weighted by Crippen LogP contribution is 2.39. The number of benzene rings is 3. The van der Waals surface area contributed by atoms with Gasteiger partial charge in [-0.3, -0.25) is 0 Å². The zero-order valence-electron chi connectivity index (χ0n) is 23.0. The SMILES string of the molecule is CCOc1ccccc1NC(=O)N1Cc2c(CC)nn(-c3ccccc3)c2-n2cccc2[C@@H]1c1ccc(C)cc1. The van der Waals surface area contributed by atoms with E-state index >= 15 is 0 Å². The molecule has 40 heavy (non-hydrogen) atoms. The van der Waals surface area contributed by atoms with E-state index in [-0.39, 0.29) is 12.1 Å². The van der Waals surface area contributed by atoms with Crippen molar-refractivity contribution < 1.29 is 9.53 Å². The van der Waals surface area contributed by atoms with Crippen LogP contribution in [0.4, 0.5) is 10.5 Å². The van der Waals surface area contributed by atoms with E-state index in [9.17, 15) is 4.79 Å². The van der Waals surface area contributed by atoms with Crippen LogP contribution in [0.15, 0.2) is 97.2 Å². The minimum Gasteiger partial charge on any atom is -0.492 e. The molecule has 3 aromatic carbocycles. The Morgan fingerprint density at radius 1 is 0.950 bits per heavy atom. The Kier molecular flexibility index (Phi) is 6.86. The van der Waals surface area contributed by atoms with Crippen molar-refractivity contribution in [3.63, 3.8) is 0 Å². The van der Waals surface area contributed by atoms with E-state index in [4.69, 9.17) is 9.84 Å². The van der Waals surface area contributed by atoms with E-state index in [1.165, 1.54) is 5.56 Å². The molecular weight excluding hydrogens is 498 g/mol. The lowest BCUT2D eigenvalue weighted by atomic mass is 10.0. The van der Waals surface area contributed by atoms with Gasteiger partial charge in [0.25, 0.3) is 0 Å². The molecule has 7 heteroatoms. The standard InChI is InChI=1S/C33H33N5O2/c1-4-27-26-22-37(33(39)34-28-14-9-10-16-30(28)40-5-2)31(24-19-17-23(3)18-20-24)29-15-11-21-36(29)32(26)38(35-27)25-12-7-6-8-13-25/h6-21,31H,4-5,22H2,1-3H3,(H,34,39)/t31-/m0/s1. The number of amides is 2. The van der Waals surface area contributed by atoms with Crippen LogP contribution in [0, 0.1) is 6.92 Å². The first kappa shape index (κ1) is 25.5. The fourth-order valence-electron chi connectivity index (χ4n) is 5.49. The molecule has 0 saturated heterocycles. The van der Waals surface area contributed by atoms with Crippen LogP contribution in [0.5, 0.6) is 5.75 Å². The molecule has 1 N–H and O–H groups in total. The Balaban J connectivity index is 1.53. The third-order valence-electron chi connectivity index (χ3n) is 7.39. The molecule has 1 atom stereocenters. The highest BCUT2D eigenvalue weighted by atomic mass is 16.5. The molecule has 7 nitrogen and oxygen atoms in total. The van der Waals surface area contributed by atoms with Crippen molar-refractivity contribution in [1.82, 2.24) is 19.2 Å². The summed E-state index contributed by atoms with van der Waals surface area (Å²) in [6.07, 6.45) is 2.82. The van der Waals surface area contributed by atoms with Gasteiger partial charge in [0.15, 0.2) is 0 Å². The summed E-state index contributed by atoms with van der Waals surface area (Å²) in [5.41, 5.74) is 6.84. The molecule has 0 bridgehead atoms. The number of ether oxygens (including phenoxy) is 1. The predicted octanol–water partition coefficient (Wildman–Crippen LogP) is 7.07. The maximum absolute atomic E-state index is 14.3. The Hall–Kier alpha value is -4.78. The highest BCUT2D eigenvalue weighted by Gasteiger charge is 2.36. The number of para-hydroxylation sites is 3. The number of aromatic nitrogens is 3. The second-order valence-corrected chi connectivity index (χ2v) is 9.95. The van der Waals surface area contributed by atoms with E-state index in [2.05, 4.69) is 72.4 Å². The van der Waals surface area contributed by atoms with Crippen LogP contribution in [-0.4, -0.2) is 31.9 Å². The minimum atomic E-state index is -0.323. The summed E-state index contributed by atoms with van der Waals surface area (Å²) in [4.78, 5) is 16.2. The van der Waals surface area contributed by atoms with Crippen molar-refractivity contribution in [3.05, 3.63) is 125 Å². The Labute approximate surface area is 234 Å². The normalized spacial score (nSPS) is 14.3. The largest absolute Gasteiger partial charge is 0.492 e. The smallest absolute Gasteiger partial charge is 0.323 e. The van der Waals surface area contributed by atoms with Gasteiger partial charge < -0.3 is 19.5 Å². The Morgan fingerprint density at radius 3 is 2.45 bits per heavy atom. The number of carbonyl (C=O) groups is 1. The first-order valence-corrected chi connectivity index (χ1v) is 13.8. The van der Waals surface area contributed by atoms with Crippen LogP contribution in [0.2, 0.25) is 0 Å². The van der Waals surface area contributed by atoms with Crippen LogP contribution in [0.3, 0.4) is 0 Å². The molecule has 5 aromatic rings. The monoisotopic (exact) mass is 531 g/mol. The Bertz CT molecular complexity index is 1640. The van der Waals surface area contributed by atoms with E-state index in [0.717, 1.165) is 40.4 Å². The molecule has 0 saturated carbocycles. The summed E-state index contributed by atoms with van der Waals surface area (Å²) in [5.74, 6) is 1.61. The van der Waals surface area contributed by atoms with Crippen LogP contribution in [0.25, 0.3) is 11.5 Å². The van der Waals surface area contributed by atoms with Crippen LogP contribution in [-0.2, 0) is 13.0 Å². The van der Waals surface area contributed by atoms with Crippen molar-refractivity contribution >= 4 is 11.7 Å². The molecule has 0 unspecified atom stereocenters. The van der Waals surface area contributed by atoms with Gasteiger partial charge in [-0.1, -0.05) is 67.1 Å². The number of anilines is 1. The molecular formula is C33H33N5O2. The van der Waals surface area contributed by atoms with Gasteiger partial charge in [-0.2, -0.15) is 5.10 Å². The summed E-state index contributed by atoms with van der Waals surface area (Å²) in [7, 11) is 0. The van der Waals surface area contributed by atoms with Crippen LogP contribution < -0.4 is 10.1 Å². The van der Waals surface area contributed by atoms with Gasteiger partial charge in [0.05, 0.1) is 42.0 Å². The predicted molar refractivity (Wildman–Crippen MR) is 157 cm³/mol. The molecule has 3 heterocycles. The van der Waals surface area contributed by atoms with Gasteiger partial charge in [0, 0.05) is 11.8 Å². The molecule has 2 amide bonds. The van der Waals surface area contributed by atoms with Crippen LogP contribution in [0.1, 0.15) is 48.0 Å². The highest BCUT2D eigenvalue weighted by molar-refractivity contribution is 5.91. The second-order valence-electron chi connectivity index (χ2n) is 9.95. The lowest BCUT2D eigenvalue weighted by molar-refractivity contribution is 0.194. The number of carbonyl (C=O) groups excluding carboxylic acids is 1. The zero-order valence-corrected chi connectivity index (χ0v) is 23.0. The van der Waals surface area contributed by atoms with E-state index in [1.54, 1.807) is 0 Å². The molecule has 0 aliphatic carbocycles. The molecule has 0 radical (unpaired) electrons. The lowest BCUT2D eigenvalue weighted by Gasteiger charge is -2.31. The molecule has 0 spiro atoms. The number of rotatable bonds is 6. The molecule has 1 aliphatic rings. The van der Waals surface area contributed by atoms with E-state index < -0.39 is 0 Å². The van der Waals surface area contributed by atoms with Crippen molar-refractivity contribution in [2.45, 2.75) is 39.8 Å². The van der Waals surface area contributed by atoms with Gasteiger partial charge >= 0.3 is 6.03 Å².